The van der Waals surface area contributed by atoms with E-state index in [1.165, 1.54) is 0 Å². The summed E-state index contributed by atoms with van der Waals surface area (Å²) in [6, 6.07) is 1.87. The summed E-state index contributed by atoms with van der Waals surface area (Å²) in [4.78, 5) is 0. The van der Waals surface area contributed by atoms with E-state index in [4.69, 9.17) is 12.2 Å². The molecule has 0 aliphatic carbocycles. The maximum Gasteiger partial charge on any atom is 0.148 e. The van der Waals surface area contributed by atoms with Crippen LogP contribution in [-0.2, 0) is 7.05 Å². The van der Waals surface area contributed by atoms with Gasteiger partial charge in [0.05, 0.1) is 6.20 Å². The lowest BCUT2D eigenvalue weighted by atomic mass is 10.5. The van der Waals surface area contributed by atoms with Gasteiger partial charge in [-0.1, -0.05) is 12.2 Å². The minimum absolute atomic E-state index is 0.699. The lowest BCUT2D eigenvalue weighted by molar-refractivity contribution is 0.692. The molecule has 0 aliphatic heterocycles. The van der Waals surface area contributed by atoms with E-state index in [9.17, 15) is 0 Å². The Hall–Kier alpha value is -1.23. The fraction of sp³-hybridized carbons (Fsp3) is 0.167. The summed E-state index contributed by atoms with van der Waals surface area (Å²) in [6.45, 7) is 0. The van der Waals surface area contributed by atoms with Crippen molar-refractivity contribution in [1.82, 2.24) is 19.4 Å². The number of hydrogen-bond donors (Lipinski definition) is 0. The van der Waals surface area contributed by atoms with Crippen LogP contribution in [0, 0.1) is 4.64 Å². The van der Waals surface area contributed by atoms with Crippen molar-refractivity contribution in [2.75, 3.05) is 0 Å². The van der Waals surface area contributed by atoms with Crippen LogP contribution in [0.2, 0.25) is 0 Å². The van der Waals surface area contributed by atoms with E-state index in [1.54, 1.807) is 21.7 Å². The number of nitrogens with zero attached hydrogens (tertiary/aromatic N) is 4. The van der Waals surface area contributed by atoms with E-state index in [2.05, 4.69) is 10.2 Å². The average molecular weight is 166 g/mol. The Morgan fingerprint density at radius 1 is 1.45 bits per heavy atom. The molecular formula is C6H6N4S. The number of aryl methyl sites for hydroxylation is 1. The molecule has 0 aliphatic rings. The van der Waals surface area contributed by atoms with Crippen LogP contribution >= 0.6 is 12.2 Å². The lowest BCUT2D eigenvalue weighted by Crippen LogP contribution is -2.01. The molecule has 0 bridgehead atoms. The van der Waals surface area contributed by atoms with Gasteiger partial charge in [0, 0.05) is 7.05 Å². The Morgan fingerprint density at radius 2 is 2.27 bits per heavy atom. The fourth-order valence-corrected chi connectivity index (χ4v) is 1.13. The first kappa shape index (κ1) is 6.48. The van der Waals surface area contributed by atoms with Gasteiger partial charge in [-0.25, -0.2) is 4.52 Å². The molecule has 2 heterocycles. The maximum atomic E-state index is 5.09. The zero-order valence-electron chi connectivity index (χ0n) is 5.93. The minimum Gasteiger partial charge on any atom is -0.254 e. The van der Waals surface area contributed by atoms with Gasteiger partial charge < -0.3 is 0 Å². The molecule has 0 saturated heterocycles. The Kier molecular flexibility index (Phi) is 1.25. The molecule has 0 aromatic carbocycles. The second-order valence-electron chi connectivity index (χ2n) is 2.22. The predicted molar refractivity (Wildman–Crippen MR) is 42.8 cm³/mol. The molecule has 0 N–H and O–H groups in total. The second-order valence-corrected chi connectivity index (χ2v) is 2.61. The van der Waals surface area contributed by atoms with Crippen LogP contribution in [0.5, 0.6) is 0 Å². The Labute approximate surface area is 68.1 Å². The molecule has 11 heavy (non-hydrogen) atoms. The summed E-state index contributed by atoms with van der Waals surface area (Å²) in [5.41, 5.74) is 0.914. The molecule has 0 unspecified atom stereocenters. The van der Waals surface area contributed by atoms with Crippen LogP contribution in [0.25, 0.3) is 5.52 Å². The molecule has 56 valence electrons. The molecule has 0 fully saturated rings. The van der Waals surface area contributed by atoms with Crippen LogP contribution in [0.3, 0.4) is 0 Å². The van der Waals surface area contributed by atoms with E-state index < -0.39 is 0 Å². The number of aromatic nitrogens is 4. The van der Waals surface area contributed by atoms with Gasteiger partial charge in [-0.15, -0.1) is 0 Å². The van der Waals surface area contributed by atoms with Gasteiger partial charge >= 0.3 is 0 Å². The smallest absolute Gasteiger partial charge is 0.148 e. The van der Waals surface area contributed by atoms with Crippen LogP contribution < -0.4 is 0 Å². The molecule has 2 aromatic rings. The summed E-state index contributed by atoms with van der Waals surface area (Å²) in [6.07, 6.45) is 3.33. The highest BCUT2D eigenvalue weighted by Gasteiger charge is 1.95. The number of hydrogen-bond acceptors (Lipinski definition) is 3. The van der Waals surface area contributed by atoms with Crippen LogP contribution in [0.15, 0.2) is 18.6 Å². The number of rotatable bonds is 0. The summed E-state index contributed by atoms with van der Waals surface area (Å²) in [5, 5.41) is 7.99. The highest BCUT2D eigenvalue weighted by Crippen LogP contribution is 2.00. The predicted octanol–water partition coefficient (Wildman–Crippen LogP) is 0.797. The monoisotopic (exact) mass is 166 g/mol. The van der Waals surface area contributed by atoms with Crippen molar-refractivity contribution < 1.29 is 0 Å². The molecule has 0 atom stereocenters. The van der Waals surface area contributed by atoms with Crippen molar-refractivity contribution in [2.45, 2.75) is 0 Å². The molecule has 0 radical (unpaired) electrons. The molecule has 2 aromatic heterocycles. The first-order valence-electron chi connectivity index (χ1n) is 3.15. The van der Waals surface area contributed by atoms with Crippen LogP contribution in [0.4, 0.5) is 0 Å². The molecule has 0 amide bonds. The Bertz CT molecular complexity index is 441. The van der Waals surface area contributed by atoms with Crippen molar-refractivity contribution in [1.29, 1.82) is 0 Å². The quantitative estimate of drug-likeness (QED) is 0.543. The molecule has 5 heteroatoms. The summed E-state index contributed by atoms with van der Waals surface area (Å²) in [5.74, 6) is 0. The maximum absolute atomic E-state index is 5.09. The average Bonchev–Trinajstić information content (AvgIpc) is 2.45. The molecule has 4 nitrogen and oxygen atoms in total. The molecule has 0 saturated carbocycles. The third kappa shape index (κ3) is 0.848. The van der Waals surface area contributed by atoms with Gasteiger partial charge in [-0.2, -0.15) is 10.2 Å². The second kappa shape index (κ2) is 2.13. The van der Waals surface area contributed by atoms with Crippen molar-refractivity contribution in [3.63, 3.8) is 0 Å². The standard InChI is InChI=1S/C6H6N4S/c1-9-6(11)5-2-3-7-10(5)4-8-9/h2-4H,1H3. The van der Waals surface area contributed by atoms with E-state index in [-0.39, 0.29) is 0 Å². The summed E-state index contributed by atoms with van der Waals surface area (Å²) in [7, 11) is 1.81. The van der Waals surface area contributed by atoms with Crippen molar-refractivity contribution >= 4 is 17.7 Å². The third-order valence-electron chi connectivity index (χ3n) is 1.52. The van der Waals surface area contributed by atoms with Crippen LogP contribution in [0.1, 0.15) is 0 Å². The van der Waals surface area contributed by atoms with Crippen molar-refractivity contribution in [2.24, 2.45) is 7.05 Å². The normalized spacial score (nSPS) is 10.6. The van der Waals surface area contributed by atoms with E-state index in [0.29, 0.717) is 4.64 Å². The van der Waals surface area contributed by atoms with Crippen molar-refractivity contribution in [3.05, 3.63) is 23.2 Å². The van der Waals surface area contributed by atoms with Crippen molar-refractivity contribution in [3.8, 4) is 0 Å². The lowest BCUT2D eigenvalue weighted by Gasteiger charge is -1.96. The van der Waals surface area contributed by atoms with Gasteiger partial charge in [-0.05, 0) is 6.07 Å². The fourth-order valence-electron chi connectivity index (χ4n) is 0.920. The van der Waals surface area contributed by atoms with E-state index in [0.717, 1.165) is 5.52 Å². The zero-order valence-corrected chi connectivity index (χ0v) is 6.75. The van der Waals surface area contributed by atoms with E-state index >= 15 is 0 Å². The minimum atomic E-state index is 0.699. The van der Waals surface area contributed by atoms with Gasteiger partial charge in [0.15, 0.2) is 0 Å². The highest BCUT2D eigenvalue weighted by atomic mass is 32.1. The first-order chi connectivity index (χ1) is 5.29. The Balaban J connectivity index is 3.05. The SMILES string of the molecule is Cn1ncn2nccc2c1=S. The third-order valence-corrected chi connectivity index (χ3v) is 1.99. The topological polar surface area (TPSA) is 35.1 Å². The highest BCUT2D eigenvalue weighted by molar-refractivity contribution is 7.71. The summed E-state index contributed by atoms with van der Waals surface area (Å²) >= 11 is 5.09. The van der Waals surface area contributed by atoms with Gasteiger partial charge in [-0.3, -0.25) is 4.68 Å². The largest absolute Gasteiger partial charge is 0.254 e. The van der Waals surface area contributed by atoms with Gasteiger partial charge in [0.1, 0.15) is 16.5 Å². The molecular weight excluding hydrogens is 160 g/mol. The Morgan fingerprint density at radius 3 is 3.09 bits per heavy atom. The number of fused-ring (bicyclic) bond motifs is 1. The molecule has 2 rings (SSSR count). The summed E-state index contributed by atoms with van der Waals surface area (Å²) < 4.78 is 4.00. The zero-order chi connectivity index (χ0) is 7.84. The van der Waals surface area contributed by atoms with Crippen LogP contribution in [-0.4, -0.2) is 19.4 Å². The van der Waals surface area contributed by atoms with Gasteiger partial charge in [0.2, 0.25) is 0 Å². The van der Waals surface area contributed by atoms with E-state index in [1.807, 2.05) is 13.1 Å². The molecule has 0 spiro atoms. The van der Waals surface area contributed by atoms with Gasteiger partial charge in [0.25, 0.3) is 0 Å². The first-order valence-corrected chi connectivity index (χ1v) is 3.55.